The molecule has 1 unspecified atom stereocenters. The second kappa shape index (κ2) is 11.7. The molecule has 0 aromatic carbocycles. The van der Waals surface area contributed by atoms with Crippen LogP contribution in [-0.2, 0) is 19.1 Å². The SMILES string of the molecule is CCOC(=O)/C(C)=C/[C@H](C(C)C)N(C)C(=O)C(NC(=O)[C@H]1N(C)CCSC1(C)C)C(C)(C)C. The highest BCUT2D eigenvalue weighted by Gasteiger charge is 2.44. The predicted molar refractivity (Wildman–Crippen MR) is 136 cm³/mol. The van der Waals surface area contributed by atoms with Crippen LogP contribution >= 0.6 is 11.8 Å². The number of likely N-dealkylation sites (N-methyl/N-ethyl adjacent to an activating group) is 2. The summed E-state index contributed by atoms with van der Waals surface area (Å²) in [4.78, 5) is 43.0. The normalized spacial score (nSPS) is 21.3. The summed E-state index contributed by atoms with van der Waals surface area (Å²) < 4.78 is 4.85. The molecule has 7 nitrogen and oxygen atoms in total. The van der Waals surface area contributed by atoms with Gasteiger partial charge in [0, 0.05) is 29.7 Å². The number of hydrogen-bond donors (Lipinski definition) is 1. The molecule has 3 atom stereocenters. The third kappa shape index (κ3) is 7.74. The van der Waals surface area contributed by atoms with Gasteiger partial charge in [-0.2, -0.15) is 11.8 Å². The summed E-state index contributed by atoms with van der Waals surface area (Å²) in [6, 6.07) is -1.34. The van der Waals surface area contributed by atoms with E-state index in [9.17, 15) is 14.4 Å². The maximum atomic E-state index is 13.7. The van der Waals surface area contributed by atoms with E-state index in [1.54, 1.807) is 43.6 Å². The molecule has 0 aromatic heterocycles. The van der Waals surface area contributed by atoms with E-state index in [1.165, 1.54) is 0 Å². The Morgan fingerprint density at radius 3 is 2.30 bits per heavy atom. The second-order valence-electron chi connectivity index (χ2n) is 10.9. The van der Waals surface area contributed by atoms with E-state index < -0.39 is 11.5 Å². The van der Waals surface area contributed by atoms with Gasteiger partial charge in [-0.25, -0.2) is 4.79 Å². The molecule has 0 radical (unpaired) electrons. The largest absolute Gasteiger partial charge is 0.463 e. The lowest BCUT2D eigenvalue weighted by molar-refractivity contribution is -0.141. The topological polar surface area (TPSA) is 79.0 Å². The van der Waals surface area contributed by atoms with Crippen LogP contribution in [0.2, 0.25) is 0 Å². The van der Waals surface area contributed by atoms with Crippen LogP contribution in [0.1, 0.15) is 62.3 Å². The van der Waals surface area contributed by atoms with Crippen molar-refractivity contribution < 1.29 is 19.1 Å². The van der Waals surface area contributed by atoms with Crippen LogP contribution in [-0.4, -0.2) is 83.5 Å². The molecule has 0 aromatic rings. The standard InChI is InChI=1S/C25H45N3O4S/c1-12-32-23(31)17(4)15-18(16(2)3)28(11)22(30)19(24(5,6)7)26-21(29)20-25(8,9)33-14-13-27(20)10/h15-16,18-20H,12-14H2,1-11H3,(H,26,29)/b17-15+/t18-,19?,20-/m1/s1. The van der Waals surface area contributed by atoms with Crippen molar-refractivity contribution in [3.05, 3.63) is 11.6 Å². The van der Waals surface area contributed by atoms with Crippen molar-refractivity contribution in [1.82, 2.24) is 15.1 Å². The molecule has 1 N–H and O–H groups in total. The van der Waals surface area contributed by atoms with E-state index in [0.717, 1.165) is 12.3 Å². The summed E-state index contributed by atoms with van der Waals surface area (Å²) in [5, 5.41) is 3.09. The Morgan fingerprint density at radius 2 is 1.85 bits per heavy atom. The van der Waals surface area contributed by atoms with Crippen LogP contribution in [0.15, 0.2) is 11.6 Å². The summed E-state index contributed by atoms with van der Waals surface area (Å²) in [6.07, 6.45) is 1.79. The highest BCUT2D eigenvalue weighted by atomic mass is 32.2. The fourth-order valence-corrected chi connectivity index (χ4v) is 5.60. The lowest BCUT2D eigenvalue weighted by Gasteiger charge is -2.44. The van der Waals surface area contributed by atoms with Gasteiger partial charge in [0.25, 0.3) is 0 Å². The van der Waals surface area contributed by atoms with E-state index in [1.807, 2.05) is 41.7 Å². The number of amides is 2. The summed E-state index contributed by atoms with van der Waals surface area (Å²) >= 11 is 1.78. The fourth-order valence-electron chi connectivity index (χ4n) is 4.25. The minimum Gasteiger partial charge on any atom is -0.463 e. The van der Waals surface area contributed by atoms with Crippen LogP contribution in [0.5, 0.6) is 0 Å². The Kier molecular flexibility index (Phi) is 10.5. The molecule has 1 fully saturated rings. The van der Waals surface area contributed by atoms with Crippen molar-refractivity contribution in [2.45, 2.75) is 85.2 Å². The average Bonchev–Trinajstić information content (AvgIpc) is 2.67. The molecule has 1 rings (SSSR count). The molecule has 0 spiro atoms. The predicted octanol–water partition coefficient (Wildman–Crippen LogP) is 3.34. The van der Waals surface area contributed by atoms with Gasteiger partial charge in [-0.05, 0) is 46.1 Å². The first kappa shape index (κ1) is 29.5. The van der Waals surface area contributed by atoms with E-state index in [4.69, 9.17) is 4.74 Å². The van der Waals surface area contributed by atoms with Crippen molar-refractivity contribution >= 4 is 29.5 Å². The molecule has 0 saturated carbocycles. The zero-order valence-electron chi connectivity index (χ0n) is 22.4. The molecule has 1 heterocycles. The Bertz CT molecular complexity index is 742. The first-order valence-corrected chi connectivity index (χ1v) is 12.8. The molecule has 0 aliphatic carbocycles. The molecule has 33 heavy (non-hydrogen) atoms. The van der Waals surface area contributed by atoms with Crippen LogP contribution in [0.25, 0.3) is 0 Å². The Labute approximate surface area is 205 Å². The zero-order valence-corrected chi connectivity index (χ0v) is 23.3. The Morgan fingerprint density at radius 1 is 1.27 bits per heavy atom. The Balaban J connectivity index is 3.21. The quantitative estimate of drug-likeness (QED) is 0.421. The van der Waals surface area contributed by atoms with Gasteiger partial charge in [0.1, 0.15) is 12.1 Å². The zero-order chi connectivity index (χ0) is 25.7. The van der Waals surface area contributed by atoms with Crippen molar-refractivity contribution in [3.63, 3.8) is 0 Å². The minimum absolute atomic E-state index is 0.0689. The van der Waals surface area contributed by atoms with E-state index >= 15 is 0 Å². The minimum atomic E-state index is -0.705. The van der Waals surface area contributed by atoms with Gasteiger partial charge >= 0.3 is 5.97 Å². The third-order valence-electron chi connectivity index (χ3n) is 6.16. The van der Waals surface area contributed by atoms with Crippen LogP contribution in [0.4, 0.5) is 0 Å². The summed E-state index contributed by atoms with van der Waals surface area (Å²) in [5.74, 6) is 0.353. The molecule has 8 heteroatoms. The van der Waals surface area contributed by atoms with E-state index in [0.29, 0.717) is 12.2 Å². The molecular formula is C25H45N3O4S. The fraction of sp³-hybridized carbons (Fsp3) is 0.800. The van der Waals surface area contributed by atoms with Crippen LogP contribution < -0.4 is 5.32 Å². The molecule has 1 saturated heterocycles. The summed E-state index contributed by atoms with van der Waals surface area (Å²) in [6.45, 7) is 18.6. The highest BCUT2D eigenvalue weighted by Crippen LogP contribution is 2.35. The van der Waals surface area contributed by atoms with Gasteiger partial charge in [0.05, 0.1) is 12.6 Å². The number of carbonyl (C=O) groups excluding carboxylic acids is 3. The molecule has 1 aliphatic rings. The monoisotopic (exact) mass is 483 g/mol. The maximum absolute atomic E-state index is 13.7. The average molecular weight is 484 g/mol. The number of esters is 1. The van der Waals surface area contributed by atoms with Crippen molar-refractivity contribution in [1.29, 1.82) is 0 Å². The Hall–Kier alpha value is -1.54. The first-order chi connectivity index (χ1) is 15.0. The van der Waals surface area contributed by atoms with Gasteiger partial charge in [-0.3, -0.25) is 14.5 Å². The van der Waals surface area contributed by atoms with Gasteiger partial charge in [0.15, 0.2) is 0 Å². The number of nitrogens with zero attached hydrogens (tertiary/aromatic N) is 2. The molecule has 190 valence electrons. The number of rotatable bonds is 8. The molecule has 2 amide bonds. The third-order valence-corrected chi connectivity index (χ3v) is 7.52. The summed E-state index contributed by atoms with van der Waals surface area (Å²) in [7, 11) is 3.70. The highest BCUT2D eigenvalue weighted by molar-refractivity contribution is 8.00. The van der Waals surface area contributed by atoms with E-state index in [2.05, 4.69) is 24.1 Å². The lowest BCUT2D eigenvalue weighted by atomic mass is 9.84. The van der Waals surface area contributed by atoms with Crippen molar-refractivity contribution in [2.24, 2.45) is 11.3 Å². The number of ether oxygens (including phenoxy) is 1. The second-order valence-corrected chi connectivity index (χ2v) is 12.6. The number of nitrogens with one attached hydrogen (secondary N) is 1. The van der Waals surface area contributed by atoms with Crippen LogP contribution in [0.3, 0.4) is 0 Å². The maximum Gasteiger partial charge on any atom is 0.333 e. The van der Waals surface area contributed by atoms with Crippen LogP contribution in [0, 0.1) is 11.3 Å². The number of hydrogen-bond acceptors (Lipinski definition) is 6. The summed E-state index contributed by atoms with van der Waals surface area (Å²) in [5.41, 5.74) is -0.0263. The number of carbonyl (C=O) groups is 3. The molecule has 1 aliphatic heterocycles. The van der Waals surface area contributed by atoms with Gasteiger partial charge in [-0.15, -0.1) is 0 Å². The smallest absolute Gasteiger partial charge is 0.333 e. The number of thioether (sulfide) groups is 1. The van der Waals surface area contributed by atoms with Crippen molar-refractivity contribution in [2.75, 3.05) is 33.0 Å². The molecular weight excluding hydrogens is 438 g/mol. The van der Waals surface area contributed by atoms with E-state index in [-0.39, 0.29) is 40.5 Å². The van der Waals surface area contributed by atoms with Gasteiger partial charge < -0.3 is 15.0 Å². The lowest BCUT2D eigenvalue weighted by Crippen LogP contribution is -2.63. The van der Waals surface area contributed by atoms with Crippen molar-refractivity contribution in [3.8, 4) is 0 Å². The molecule has 0 bridgehead atoms. The first-order valence-electron chi connectivity index (χ1n) is 11.8. The van der Waals surface area contributed by atoms with Gasteiger partial charge in [-0.1, -0.05) is 40.7 Å². The van der Waals surface area contributed by atoms with Gasteiger partial charge in [0.2, 0.25) is 11.8 Å².